The standard InChI is InChI=1S/C17H21FN4O/c1-10(2)16-20-14-8-7-12(9-22(14)21-16)19-17(23)13-6-4-5-11(3)15(13)18/h4-6,10,12H,7-9H2,1-3H3,(H,19,23). The Hall–Kier alpha value is -2.24. The number of amides is 1. The van der Waals surface area contributed by atoms with Crippen LogP contribution in [-0.4, -0.2) is 26.7 Å². The maximum absolute atomic E-state index is 14.0. The van der Waals surface area contributed by atoms with Gasteiger partial charge in [-0.15, -0.1) is 0 Å². The molecule has 1 aliphatic heterocycles. The molecule has 0 fully saturated rings. The van der Waals surface area contributed by atoms with Crippen molar-refractivity contribution >= 4 is 5.91 Å². The number of carbonyl (C=O) groups excluding carboxylic acids is 1. The van der Waals surface area contributed by atoms with Crippen molar-refractivity contribution in [2.45, 2.75) is 52.1 Å². The van der Waals surface area contributed by atoms with Crippen molar-refractivity contribution in [2.24, 2.45) is 0 Å². The molecule has 1 aromatic carbocycles. The van der Waals surface area contributed by atoms with Crippen molar-refractivity contribution in [3.63, 3.8) is 0 Å². The number of hydrogen-bond acceptors (Lipinski definition) is 3. The first-order valence-electron chi connectivity index (χ1n) is 7.95. The number of halogens is 1. The average molecular weight is 316 g/mol. The molecule has 5 nitrogen and oxygen atoms in total. The molecule has 0 saturated heterocycles. The molecule has 0 saturated carbocycles. The van der Waals surface area contributed by atoms with Gasteiger partial charge in [0.15, 0.2) is 5.82 Å². The third-order valence-electron chi connectivity index (χ3n) is 4.16. The Kier molecular flexibility index (Phi) is 4.15. The lowest BCUT2D eigenvalue weighted by atomic mass is 10.1. The molecule has 1 unspecified atom stereocenters. The molecule has 0 aliphatic carbocycles. The second-order valence-corrected chi connectivity index (χ2v) is 6.37. The van der Waals surface area contributed by atoms with E-state index in [1.165, 1.54) is 6.07 Å². The number of aromatic nitrogens is 3. The molecule has 1 aliphatic rings. The Morgan fingerprint density at radius 3 is 2.96 bits per heavy atom. The number of rotatable bonds is 3. The molecular weight excluding hydrogens is 295 g/mol. The van der Waals surface area contributed by atoms with Crippen molar-refractivity contribution in [1.82, 2.24) is 20.1 Å². The van der Waals surface area contributed by atoms with Gasteiger partial charge in [0.25, 0.3) is 5.91 Å². The fourth-order valence-corrected chi connectivity index (χ4v) is 2.78. The van der Waals surface area contributed by atoms with E-state index in [0.717, 1.165) is 24.5 Å². The fourth-order valence-electron chi connectivity index (χ4n) is 2.78. The molecule has 6 heteroatoms. The molecule has 1 amide bonds. The lowest BCUT2D eigenvalue weighted by Crippen LogP contribution is -2.41. The molecular formula is C17H21FN4O. The molecule has 1 atom stereocenters. The van der Waals surface area contributed by atoms with Crippen molar-refractivity contribution in [1.29, 1.82) is 0 Å². The Morgan fingerprint density at radius 1 is 1.43 bits per heavy atom. The van der Waals surface area contributed by atoms with Gasteiger partial charge in [0.05, 0.1) is 12.1 Å². The molecule has 2 aromatic rings. The normalized spacial score (nSPS) is 17.2. The number of carbonyl (C=O) groups is 1. The highest BCUT2D eigenvalue weighted by molar-refractivity contribution is 5.94. The molecule has 1 aromatic heterocycles. The minimum absolute atomic E-state index is 0.0587. The van der Waals surface area contributed by atoms with Crippen LogP contribution in [0.25, 0.3) is 0 Å². The van der Waals surface area contributed by atoms with Gasteiger partial charge in [-0.3, -0.25) is 4.79 Å². The fraction of sp³-hybridized carbons (Fsp3) is 0.471. The van der Waals surface area contributed by atoms with Crippen molar-refractivity contribution < 1.29 is 9.18 Å². The summed E-state index contributed by atoms with van der Waals surface area (Å²) in [5.74, 6) is 1.24. The average Bonchev–Trinajstić information content (AvgIpc) is 2.93. The summed E-state index contributed by atoms with van der Waals surface area (Å²) in [7, 11) is 0. The zero-order valence-electron chi connectivity index (χ0n) is 13.6. The van der Waals surface area contributed by atoms with Gasteiger partial charge in [-0.25, -0.2) is 14.1 Å². The van der Waals surface area contributed by atoms with Gasteiger partial charge in [-0.05, 0) is 25.0 Å². The summed E-state index contributed by atoms with van der Waals surface area (Å²) in [6, 6.07) is 4.80. The Balaban J connectivity index is 1.72. The maximum atomic E-state index is 14.0. The van der Waals surface area contributed by atoms with Gasteiger partial charge in [0.2, 0.25) is 0 Å². The van der Waals surface area contributed by atoms with Crippen LogP contribution in [0.15, 0.2) is 18.2 Å². The van der Waals surface area contributed by atoms with Crippen LogP contribution in [0.4, 0.5) is 4.39 Å². The van der Waals surface area contributed by atoms with E-state index < -0.39 is 5.82 Å². The van der Waals surface area contributed by atoms with E-state index in [-0.39, 0.29) is 23.4 Å². The van der Waals surface area contributed by atoms with Crippen LogP contribution in [0, 0.1) is 12.7 Å². The van der Waals surface area contributed by atoms with E-state index in [1.54, 1.807) is 19.1 Å². The lowest BCUT2D eigenvalue weighted by Gasteiger charge is -2.23. The monoisotopic (exact) mass is 316 g/mol. The predicted octanol–water partition coefficient (Wildman–Crippen LogP) is 2.59. The van der Waals surface area contributed by atoms with E-state index >= 15 is 0 Å². The van der Waals surface area contributed by atoms with Crippen LogP contribution in [0.1, 0.15) is 53.8 Å². The zero-order valence-corrected chi connectivity index (χ0v) is 13.6. The van der Waals surface area contributed by atoms with Gasteiger partial charge in [0.1, 0.15) is 11.6 Å². The largest absolute Gasteiger partial charge is 0.347 e. The van der Waals surface area contributed by atoms with E-state index in [4.69, 9.17) is 0 Å². The van der Waals surface area contributed by atoms with Gasteiger partial charge in [-0.1, -0.05) is 26.0 Å². The Bertz CT molecular complexity index is 738. The summed E-state index contributed by atoms with van der Waals surface area (Å²) in [6.07, 6.45) is 1.55. The summed E-state index contributed by atoms with van der Waals surface area (Å²) in [6.45, 7) is 6.35. The predicted molar refractivity (Wildman–Crippen MR) is 84.8 cm³/mol. The van der Waals surface area contributed by atoms with Gasteiger partial charge in [-0.2, -0.15) is 5.10 Å². The molecule has 1 N–H and O–H groups in total. The third kappa shape index (κ3) is 3.11. The second-order valence-electron chi connectivity index (χ2n) is 6.37. The molecule has 0 bridgehead atoms. The van der Waals surface area contributed by atoms with Crippen LogP contribution in [-0.2, 0) is 13.0 Å². The maximum Gasteiger partial charge on any atom is 0.254 e. The summed E-state index contributed by atoms with van der Waals surface area (Å²) in [4.78, 5) is 16.8. The van der Waals surface area contributed by atoms with Crippen molar-refractivity contribution in [3.05, 3.63) is 46.8 Å². The minimum atomic E-state index is -0.454. The summed E-state index contributed by atoms with van der Waals surface area (Å²) >= 11 is 0. The molecule has 0 spiro atoms. The minimum Gasteiger partial charge on any atom is -0.347 e. The van der Waals surface area contributed by atoms with Gasteiger partial charge in [0, 0.05) is 18.4 Å². The SMILES string of the molecule is Cc1cccc(C(=O)NC2CCc3nc(C(C)C)nn3C2)c1F. The van der Waals surface area contributed by atoms with Crippen LogP contribution in [0.2, 0.25) is 0 Å². The van der Waals surface area contributed by atoms with Gasteiger partial charge >= 0.3 is 0 Å². The summed E-state index contributed by atoms with van der Waals surface area (Å²) in [5.41, 5.74) is 0.568. The topological polar surface area (TPSA) is 59.8 Å². The number of fused-ring (bicyclic) bond motifs is 1. The molecule has 23 heavy (non-hydrogen) atoms. The smallest absolute Gasteiger partial charge is 0.254 e. The first-order chi connectivity index (χ1) is 11.0. The second kappa shape index (κ2) is 6.10. The number of nitrogens with zero attached hydrogens (tertiary/aromatic N) is 3. The number of aryl methyl sites for hydroxylation is 2. The summed E-state index contributed by atoms with van der Waals surface area (Å²) < 4.78 is 15.9. The molecule has 0 radical (unpaired) electrons. The highest BCUT2D eigenvalue weighted by Crippen LogP contribution is 2.18. The van der Waals surface area contributed by atoms with Crippen molar-refractivity contribution in [3.8, 4) is 0 Å². The quantitative estimate of drug-likeness (QED) is 0.947. The molecule has 3 rings (SSSR count). The van der Waals surface area contributed by atoms with Crippen LogP contribution in [0.3, 0.4) is 0 Å². The highest BCUT2D eigenvalue weighted by Gasteiger charge is 2.24. The number of hydrogen-bond donors (Lipinski definition) is 1. The van der Waals surface area contributed by atoms with Crippen molar-refractivity contribution in [2.75, 3.05) is 0 Å². The first kappa shape index (κ1) is 15.6. The zero-order chi connectivity index (χ0) is 16.6. The Labute approximate surface area is 134 Å². The summed E-state index contributed by atoms with van der Waals surface area (Å²) in [5, 5.41) is 7.41. The van der Waals surface area contributed by atoms with E-state index in [2.05, 4.69) is 29.2 Å². The number of nitrogens with one attached hydrogen (secondary N) is 1. The van der Waals surface area contributed by atoms with Crippen LogP contribution >= 0.6 is 0 Å². The third-order valence-corrected chi connectivity index (χ3v) is 4.16. The van der Waals surface area contributed by atoms with E-state index in [1.807, 2.05) is 4.68 Å². The van der Waals surface area contributed by atoms with Gasteiger partial charge < -0.3 is 5.32 Å². The van der Waals surface area contributed by atoms with E-state index in [9.17, 15) is 9.18 Å². The number of benzene rings is 1. The lowest BCUT2D eigenvalue weighted by molar-refractivity contribution is 0.0922. The Morgan fingerprint density at radius 2 is 2.22 bits per heavy atom. The molecule has 122 valence electrons. The highest BCUT2D eigenvalue weighted by atomic mass is 19.1. The molecule has 2 heterocycles. The van der Waals surface area contributed by atoms with Crippen LogP contribution in [0.5, 0.6) is 0 Å². The van der Waals surface area contributed by atoms with Crippen LogP contribution < -0.4 is 5.32 Å². The first-order valence-corrected chi connectivity index (χ1v) is 7.95. The van der Waals surface area contributed by atoms with E-state index in [0.29, 0.717) is 12.1 Å².